The number of rotatable bonds is 4. The summed E-state index contributed by atoms with van der Waals surface area (Å²) in [5.41, 5.74) is 2.19. The van der Waals surface area contributed by atoms with E-state index in [4.69, 9.17) is 23.2 Å². The van der Waals surface area contributed by atoms with Crippen LogP contribution in [0, 0.1) is 6.92 Å². The third-order valence-corrected chi connectivity index (χ3v) is 3.42. The molecular weight excluding hydrogens is 297 g/mol. The van der Waals surface area contributed by atoms with Crippen molar-refractivity contribution in [2.45, 2.75) is 13.0 Å². The van der Waals surface area contributed by atoms with E-state index in [1.54, 1.807) is 24.3 Å². The summed E-state index contributed by atoms with van der Waals surface area (Å²) in [4.78, 5) is 11.5. The summed E-state index contributed by atoms with van der Waals surface area (Å²) < 4.78 is 0. The number of anilines is 1. The number of aryl methyl sites for hydroxylation is 1. The van der Waals surface area contributed by atoms with E-state index in [2.05, 4.69) is 5.32 Å². The molecule has 104 valence electrons. The molecule has 3 nitrogen and oxygen atoms in total. The van der Waals surface area contributed by atoms with E-state index in [0.717, 1.165) is 5.56 Å². The van der Waals surface area contributed by atoms with Crippen LogP contribution in [0.2, 0.25) is 10.0 Å². The minimum absolute atomic E-state index is 0.363. The van der Waals surface area contributed by atoms with E-state index >= 15 is 0 Å². The van der Waals surface area contributed by atoms with Gasteiger partial charge in [0, 0.05) is 21.3 Å². The van der Waals surface area contributed by atoms with Gasteiger partial charge in [-0.05, 0) is 42.8 Å². The van der Waals surface area contributed by atoms with Crippen LogP contribution in [-0.2, 0) is 4.79 Å². The van der Waals surface area contributed by atoms with Crippen LogP contribution in [0.25, 0.3) is 0 Å². The first-order chi connectivity index (χ1) is 9.47. The van der Waals surface area contributed by atoms with Crippen molar-refractivity contribution in [1.29, 1.82) is 0 Å². The van der Waals surface area contributed by atoms with Crippen LogP contribution >= 0.6 is 23.2 Å². The molecule has 0 saturated carbocycles. The molecule has 2 rings (SSSR count). The fourth-order valence-electron chi connectivity index (χ4n) is 1.91. The largest absolute Gasteiger partial charge is 0.479 e. The maximum absolute atomic E-state index is 11.5. The summed E-state index contributed by atoms with van der Waals surface area (Å²) in [6.07, 6.45) is 0. The number of hydrogen-bond acceptors (Lipinski definition) is 2. The molecule has 0 heterocycles. The number of carboxylic acid groups (broad SMARTS) is 1. The maximum atomic E-state index is 11.5. The predicted molar refractivity (Wildman–Crippen MR) is 81.6 cm³/mol. The molecule has 0 aliphatic carbocycles. The predicted octanol–water partition coefficient (Wildman–Crippen LogP) is 4.54. The Labute approximate surface area is 127 Å². The summed E-state index contributed by atoms with van der Waals surface area (Å²) in [5.74, 6) is -1.02. The van der Waals surface area contributed by atoms with Crippen molar-refractivity contribution in [2.24, 2.45) is 0 Å². The molecule has 0 radical (unpaired) electrons. The van der Waals surface area contributed by atoms with Crippen LogP contribution < -0.4 is 5.32 Å². The molecule has 20 heavy (non-hydrogen) atoms. The van der Waals surface area contributed by atoms with Crippen molar-refractivity contribution < 1.29 is 9.90 Å². The van der Waals surface area contributed by atoms with Gasteiger partial charge in [-0.1, -0.05) is 35.3 Å². The topological polar surface area (TPSA) is 49.3 Å². The van der Waals surface area contributed by atoms with Gasteiger partial charge in [0.25, 0.3) is 0 Å². The highest BCUT2D eigenvalue weighted by Gasteiger charge is 2.22. The van der Waals surface area contributed by atoms with Crippen LogP contribution in [0.4, 0.5) is 5.69 Å². The molecule has 0 fully saturated rings. The Morgan fingerprint density at radius 3 is 2.60 bits per heavy atom. The molecule has 5 heteroatoms. The molecule has 0 aliphatic rings. The number of hydrogen-bond donors (Lipinski definition) is 2. The second kappa shape index (κ2) is 6.16. The van der Waals surface area contributed by atoms with Crippen molar-refractivity contribution in [2.75, 3.05) is 5.32 Å². The molecule has 2 N–H and O–H groups in total. The standard InChI is InChI=1S/C15H13Cl2NO2/c1-9-3-2-4-11(7-9)18-14(15(19)20)12-8-10(16)5-6-13(12)17/h2-8,14,18H,1H3,(H,19,20). The summed E-state index contributed by atoms with van der Waals surface area (Å²) in [7, 11) is 0. The first kappa shape index (κ1) is 14.7. The average Bonchev–Trinajstić information content (AvgIpc) is 2.39. The van der Waals surface area contributed by atoms with Gasteiger partial charge in [-0.3, -0.25) is 0 Å². The minimum atomic E-state index is -1.02. The van der Waals surface area contributed by atoms with Crippen LogP contribution in [0.1, 0.15) is 17.2 Å². The normalized spacial score (nSPS) is 11.9. The molecular formula is C15H13Cl2NO2. The van der Waals surface area contributed by atoms with Crippen molar-refractivity contribution in [3.05, 3.63) is 63.6 Å². The van der Waals surface area contributed by atoms with Gasteiger partial charge in [0.2, 0.25) is 0 Å². The molecule has 0 bridgehead atoms. The second-order valence-electron chi connectivity index (χ2n) is 4.45. The van der Waals surface area contributed by atoms with Crippen molar-refractivity contribution in [1.82, 2.24) is 0 Å². The Balaban J connectivity index is 2.37. The fraction of sp³-hybridized carbons (Fsp3) is 0.133. The molecule has 0 spiro atoms. The van der Waals surface area contributed by atoms with Gasteiger partial charge in [-0.2, -0.15) is 0 Å². The lowest BCUT2D eigenvalue weighted by Crippen LogP contribution is -2.21. The molecule has 1 unspecified atom stereocenters. The first-order valence-corrected chi connectivity index (χ1v) is 6.74. The zero-order valence-electron chi connectivity index (χ0n) is 10.7. The fourth-order valence-corrected chi connectivity index (χ4v) is 2.32. The lowest BCUT2D eigenvalue weighted by Gasteiger charge is -2.18. The third-order valence-electron chi connectivity index (χ3n) is 2.85. The summed E-state index contributed by atoms with van der Waals surface area (Å²) >= 11 is 12.0. The summed E-state index contributed by atoms with van der Waals surface area (Å²) in [5, 5.41) is 13.2. The van der Waals surface area contributed by atoms with Gasteiger partial charge < -0.3 is 10.4 Å². The smallest absolute Gasteiger partial charge is 0.330 e. The molecule has 2 aromatic carbocycles. The number of nitrogens with one attached hydrogen (secondary N) is 1. The molecule has 2 aromatic rings. The van der Waals surface area contributed by atoms with E-state index in [1.165, 1.54) is 0 Å². The SMILES string of the molecule is Cc1cccc(NC(C(=O)O)c2cc(Cl)ccc2Cl)c1. The monoisotopic (exact) mass is 309 g/mol. The highest BCUT2D eigenvalue weighted by molar-refractivity contribution is 6.33. The molecule has 0 saturated heterocycles. The van der Waals surface area contributed by atoms with Gasteiger partial charge >= 0.3 is 5.97 Å². The summed E-state index contributed by atoms with van der Waals surface area (Å²) in [6.45, 7) is 1.94. The Morgan fingerprint density at radius 2 is 1.95 bits per heavy atom. The number of halogens is 2. The highest BCUT2D eigenvalue weighted by Crippen LogP contribution is 2.29. The van der Waals surface area contributed by atoms with Crippen LogP contribution in [0.15, 0.2) is 42.5 Å². The Bertz CT molecular complexity index is 644. The lowest BCUT2D eigenvalue weighted by molar-refractivity contribution is -0.138. The van der Waals surface area contributed by atoms with E-state index < -0.39 is 12.0 Å². The molecule has 0 aliphatic heterocycles. The zero-order valence-corrected chi connectivity index (χ0v) is 12.2. The minimum Gasteiger partial charge on any atom is -0.479 e. The van der Waals surface area contributed by atoms with Gasteiger partial charge in [-0.25, -0.2) is 4.79 Å². The van der Waals surface area contributed by atoms with Crippen molar-refractivity contribution >= 4 is 34.9 Å². The molecule has 0 aromatic heterocycles. The first-order valence-electron chi connectivity index (χ1n) is 5.98. The van der Waals surface area contributed by atoms with Gasteiger partial charge in [0.05, 0.1) is 0 Å². The van der Waals surface area contributed by atoms with E-state index in [9.17, 15) is 9.90 Å². The lowest BCUT2D eigenvalue weighted by atomic mass is 10.1. The van der Waals surface area contributed by atoms with E-state index in [-0.39, 0.29) is 0 Å². The van der Waals surface area contributed by atoms with E-state index in [1.807, 2.05) is 25.1 Å². The van der Waals surface area contributed by atoms with Gasteiger partial charge in [0.15, 0.2) is 6.04 Å². The van der Waals surface area contributed by atoms with E-state index in [0.29, 0.717) is 21.3 Å². The molecule has 0 amide bonds. The third kappa shape index (κ3) is 3.44. The maximum Gasteiger partial charge on any atom is 0.330 e. The van der Waals surface area contributed by atoms with Crippen LogP contribution in [0.3, 0.4) is 0 Å². The number of carbonyl (C=O) groups is 1. The number of carboxylic acids is 1. The quantitative estimate of drug-likeness (QED) is 0.871. The second-order valence-corrected chi connectivity index (χ2v) is 5.29. The Morgan fingerprint density at radius 1 is 1.20 bits per heavy atom. The Hall–Kier alpha value is -1.71. The van der Waals surface area contributed by atoms with Crippen molar-refractivity contribution in [3.8, 4) is 0 Å². The highest BCUT2D eigenvalue weighted by atomic mass is 35.5. The number of aliphatic carboxylic acids is 1. The van der Waals surface area contributed by atoms with Gasteiger partial charge in [0.1, 0.15) is 0 Å². The van der Waals surface area contributed by atoms with Crippen LogP contribution in [0.5, 0.6) is 0 Å². The Kier molecular flexibility index (Phi) is 4.53. The van der Waals surface area contributed by atoms with Gasteiger partial charge in [-0.15, -0.1) is 0 Å². The average molecular weight is 310 g/mol. The van der Waals surface area contributed by atoms with Crippen LogP contribution in [-0.4, -0.2) is 11.1 Å². The summed E-state index contributed by atoms with van der Waals surface area (Å²) in [6, 6.07) is 11.3. The zero-order chi connectivity index (χ0) is 14.7. The molecule has 1 atom stereocenters. The van der Waals surface area contributed by atoms with Crippen molar-refractivity contribution in [3.63, 3.8) is 0 Å². The number of benzene rings is 2.